The highest BCUT2D eigenvalue weighted by molar-refractivity contribution is 7.89. The Bertz CT molecular complexity index is 747. The number of sulfonamides is 1. The molecule has 3 heterocycles. The Labute approximate surface area is 135 Å². The highest BCUT2D eigenvalue weighted by Crippen LogP contribution is 2.19. The molecule has 3 rings (SSSR count). The minimum atomic E-state index is -3.56. The Morgan fingerprint density at radius 1 is 1.39 bits per heavy atom. The minimum Gasteiger partial charge on any atom is -0.375 e. The molecule has 0 radical (unpaired) electrons. The van der Waals surface area contributed by atoms with Crippen molar-refractivity contribution in [3.8, 4) is 0 Å². The molecule has 0 bridgehead atoms. The summed E-state index contributed by atoms with van der Waals surface area (Å²) in [5.41, 5.74) is 0.924. The molecule has 2 aromatic rings. The van der Waals surface area contributed by atoms with E-state index in [0.717, 1.165) is 12.1 Å². The predicted octanol–water partition coefficient (Wildman–Crippen LogP) is 0.232. The summed E-state index contributed by atoms with van der Waals surface area (Å²) in [7, 11) is -1.82. The molecule has 0 aliphatic carbocycles. The van der Waals surface area contributed by atoms with Crippen LogP contribution in [-0.2, 0) is 28.2 Å². The van der Waals surface area contributed by atoms with Gasteiger partial charge in [-0.3, -0.25) is 0 Å². The number of hydrogen-bond donors (Lipinski definition) is 0. The number of aromatic nitrogens is 4. The topological polar surface area (TPSA) is 90.2 Å². The van der Waals surface area contributed by atoms with Crippen molar-refractivity contribution in [1.29, 1.82) is 0 Å². The molecule has 9 heteroatoms. The van der Waals surface area contributed by atoms with Crippen molar-refractivity contribution >= 4 is 10.0 Å². The number of rotatable bonds is 5. The highest BCUT2D eigenvalue weighted by atomic mass is 32.2. The number of nitrogens with zero attached hydrogens (tertiary/aromatic N) is 5. The summed E-state index contributed by atoms with van der Waals surface area (Å²) in [4.78, 5) is 12.0. The van der Waals surface area contributed by atoms with Gasteiger partial charge in [0, 0.05) is 38.2 Å². The molecule has 0 saturated carbocycles. The van der Waals surface area contributed by atoms with Gasteiger partial charge in [-0.1, -0.05) is 0 Å². The van der Waals surface area contributed by atoms with E-state index in [2.05, 4.69) is 15.0 Å². The van der Waals surface area contributed by atoms with Gasteiger partial charge >= 0.3 is 0 Å². The van der Waals surface area contributed by atoms with E-state index in [4.69, 9.17) is 4.74 Å². The van der Waals surface area contributed by atoms with Gasteiger partial charge in [-0.15, -0.1) is 0 Å². The third-order valence-corrected chi connectivity index (χ3v) is 5.50. The fourth-order valence-electron chi connectivity index (χ4n) is 2.51. The molecule has 1 atom stereocenters. The maximum absolute atomic E-state index is 12.6. The van der Waals surface area contributed by atoms with E-state index in [9.17, 15) is 8.42 Å². The van der Waals surface area contributed by atoms with Crippen LogP contribution < -0.4 is 0 Å². The molecule has 1 aliphatic heterocycles. The largest absolute Gasteiger partial charge is 0.375 e. The van der Waals surface area contributed by atoms with Crippen molar-refractivity contribution in [3.63, 3.8) is 0 Å². The van der Waals surface area contributed by atoms with Crippen LogP contribution in [0.3, 0.4) is 0 Å². The van der Waals surface area contributed by atoms with Crippen molar-refractivity contribution in [2.24, 2.45) is 7.05 Å². The lowest BCUT2D eigenvalue weighted by Crippen LogP contribution is -2.45. The number of ether oxygens (including phenoxy) is 1. The summed E-state index contributed by atoms with van der Waals surface area (Å²) < 4.78 is 34.0. The zero-order valence-electron chi connectivity index (χ0n) is 12.9. The van der Waals surface area contributed by atoms with Crippen molar-refractivity contribution in [1.82, 2.24) is 23.8 Å². The van der Waals surface area contributed by atoms with Gasteiger partial charge in [0.2, 0.25) is 0 Å². The van der Waals surface area contributed by atoms with E-state index in [1.807, 2.05) is 6.07 Å². The lowest BCUT2D eigenvalue weighted by atomic mass is 10.1. The fourth-order valence-corrected chi connectivity index (χ4v) is 3.94. The summed E-state index contributed by atoms with van der Waals surface area (Å²) in [5.74, 6) is 0. The molecular formula is C14H19N5O3S. The summed E-state index contributed by atoms with van der Waals surface area (Å²) >= 11 is 0. The molecule has 2 aromatic heterocycles. The van der Waals surface area contributed by atoms with Gasteiger partial charge in [-0.25, -0.2) is 23.4 Å². The lowest BCUT2D eigenvalue weighted by Gasteiger charge is -2.31. The van der Waals surface area contributed by atoms with Crippen LogP contribution in [0, 0.1) is 0 Å². The maximum Gasteiger partial charge on any atom is 0.262 e. The smallest absolute Gasteiger partial charge is 0.262 e. The number of morpholine rings is 1. The SMILES string of the molecule is Cn1cnc(S(=O)(=O)N2CCOC(CCc3ccncn3)C2)c1. The van der Waals surface area contributed by atoms with Crippen LogP contribution >= 0.6 is 0 Å². The zero-order chi connectivity index (χ0) is 16.3. The Kier molecular flexibility index (Phi) is 4.69. The van der Waals surface area contributed by atoms with Crippen molar-refractivity contribution < 1.29 is 13.2 Å². The maximum atomic E-state index is 12.6. The lowest BCUT2D eigenvalue weighted by molar-refractivity contribution is -0.00544. The molecule has 0 amide bonds. The van der Waals surface area contributed by atoms with Crippen LogP contribution in [0.15, 0.2) is 36.1 Å². The Morgan fingerprint density at radius 3 is 2.96 bits per heavy atom. The predicted molar refractivity (Wildman–Crippen MR) is 82.1 cm³/mol. The molecular weight excluding hydrogens is 318 g/mol. The Morgan fingerprint density at radius 2 is 2.26 bits per heavy atom. The average molecular weight is 337 g/mol. The van der Waals surface area contributed by atoms with Crippen LogP contribution in [0.4, 0.5) is 0 Å². The van der Waals surface area contributed by atoms with Crippen LogP contribution in [-0.4, -0.2) is 58.0 Å². The van der Waals surface area contributed by atoms with Gasteiger partial charge in [0.15, 0.2) is 5.03 Å². The summed E-state index contributed by atoms with van der Waals surface area (Å²) in [5, 5.41) is 0.0800. The van der Waals surface area contributed by atoms with E-state index in [1.54, 1.807) is 17.8 Å². The van der Waals surface area contributed by atoms with Crippen molar-refractivity contribution in [3.05, 3.63) is 36.8 Å². The van der Waals surface area contributed by atoms with Gasteiger partial charge in [-0.2, -0.15) is 4.31 Å². The first-order valence-electron chi connectivity index (χ1n) is 7.40. The number of hydrogen-bond acceptors (Lipinski definition) is 6. The molecule has 0 spiro atoms. The summed E-state index contributed by atoms with van der Waals surface area (Å²) in [6, 6.07) is 1.85. The highest BCUT2D eigenvalue weighted by Gasteiger charge is 2.32. The molecule has 1 unspecified atom stereocenters. The van der Waals surface area contributed by atoms with Gasteiger partial charge < -0.3 is 9.30 Å². The number of imidazole rings is 1. The van der Waals surface area contributed by atoms with E-state index in [0.29, 0.717) is 26.1 Å². The van der Waals surface area contributed by atoms with E-state index < -0.39 is 10.0 Å². The average Bonchev–Trinajstić information content (AvgIpc) is 3.01. The second-order valence-electron chi connectivity index (χ2n) is 5.47. The minimum absolute atomic E-state index is 0.0800. The molecule has 1 saturated heterocycles. The molecule has 124 valence electrons. The van der Waals surface area contributed by atoms with E-state index in [1.165, 1.54) is 23.2 Å². The Balaban J connectivity index is 1.64. The summed E-state index contributed by atoms with van der Waals surface area (Å²) in [6.45, 7) is 1.08. The van der Waals surface area contributed by atoms with E-state index >= 15 is 0 Å². The van der Waals surface area contributed by atoms with Crippen LogP contribution in [0.25, 0.3) is 0 Å². The zero-order valence-corrected chi connectivity index (χ0v) is 13.7. The first-order chi connectivity index (χ1) is 11.1. The molecule has 0 N–H and O–H groups in total. The first-order valence-corrected chi connectivity index (χ1v) is 8.84. The third-order valence-electron chi connectivity index (χ3n) is 3.75. The normalized spacial score (nSPS) is 19.8. The molecule has 0 aromatic carbocycles. The van der Waals surface area contributed by atoms with Gasteiger partial charge in [-0.05, 0) is 18.9 Å². The van der Waals surface area contributed by atoms with Crippen LogP contribution in [0.1, 0.15) is 12.1 Å². The van der Waals surface area contributed by atoms with Gasteiger partial charge in [0.25, 0.3) is 10.0 Å². The van der Waals surface area contributed by atoms with E-state index in [-0.39, 0.29) is 11.1 Å². The molecule has 1 fully saturated rings. The van der Waals surface area contributed by atoms with Crippen molar-refractivity contribution in [2.75, 3.05) is 19.7 Å². The first kappa shape index (κ1) is 16.0. The summed E-state index contributed by atoms with van der Waals surface area (Å²) in [6.07, 6.45) is 7.50. The standard InChI is InChI=1S/C14H19N5O3S/c1-18-9-14(17-11-18)23(20,21)19-6-7-22-13(8-19)3-2-12-4-5-15-10-16-12/h4-5,9-11,13H,2-3,6-8H2,1H3. The Hall–Kier alpha value is -1.84. The monoisotopic (exact) mass is 337 g/mol. The third kappa shape index (κ3) is 3.74. The molecule has 23 heavy (non-hydrogen) atoms. The fraction of sp³-hybridized carbons (Fsp3) is 0.500. The second-order valence-corrected chi connectivity index (χ2v) is 7.36. The quantitative estimate of drug-likeness (QED) is 0.776. The number of aryl methyl sites for hydroxylation is 2. The molecule has 1 aliphatic rings. The second kappa shape index (κ2) is 6.73. The van der Waals surface area contributed by atoms with Crippen molar-refractivity contribution in [2.45, 2.75) is 24.0 Å². The molecule has 8 nitrogen and oxygen atoms in total. The van der Waals surface area contributed by atoms with Crippen LogP contribution in [0.2, 0.25) is 0 Å². The van der Waals surface area contributed by atoms with Gasteiger partial charge in [0.05, 0.1) is 19.0 Å². The van der Waals surface area contributed by atoms with Gasteiger partial charge in [0.1, 0.15) is 6.33 Å². The van der Waals surface area contributed by atoms with Crippen LogP contribution in [0.5, 0.6) is 0 Å².